The number of rotatable bonds is 9. The first kappa shape index (κ1) is 31.5. The lowest BCUT2D eigenvalue weighted by Crippen LogP contribution is -2.18. The SMILES string of the molecule is C1=C(c2ccccc2/C(=C/C2=Nc3ccccc3C2)N(c2ccc(-c3ccccc3)cc2)c2cccc(Cc3ccccc3)c2)Cc2ccccc21. The van der Waals surface area contributed by atoms with Crippen LogP contribution in [0, 0.1) is 0 Å². The van der Waals surface area contributed by atoms with Gasteiger partial charge in [-0.3, -0.25) is 4.99 Å². The minimum atomic E-state index is 0.796. The van der Waals surface area contributed by atoms with Gasteiger partial charge >= 0.3 is 0 Å². The standard InChI is InChI=1S/C50H38N2/c1-3-14-36(15-4-1)30-37-16-13-22-46(31-37)52(45-28-26-39(27-29-45)38-17-5-2-6-18-38)50(35-44-34-42-21-9-12-25-49(42)51-44)48-24-11-10-23-47(48)43-32-40-19-7-8-20-41(40)33-43/h1-29,31-32,35H,30,33-34H2/b50-35-. The lowest BCUT2D eigenvalue weighted by atomic mass is 9.93. The second-order valence-corrected chi connectivity index (χ2v) is 13.6. The molecule has 248 valence electrons. The number of fused-ring (bicyclic) bond motifs is 2. The number of benzene rings is 7. The van der Waals surface area contributed by atoms with Crippen LogP contribution in [0.25, 0.3) is 28.5 Å². The number of anilines is 2. The van der Waals surface area contributed by atoms with Gasteiger partial charge in [-0.2, -0.15) is 0 Å². The molecule has 1 heterocycles. The van der Waals surface area contributed by atoms with Gasteiger partial charge in [0.05, 0.1) is 11.4 Å². The lowest BCUT2D eigenvalue weighted by molar-refractivity contribution is 1.18. The van der Waals surface area contributed by atoms with Crippen LogP contribution >= 0.6 is 0 Å². The Morgan fingerprint density at radius 1 is 0.538 bits per heavy atom. The minimum absolute atomic E-state index is 0.796. The first-order chi connectivity index (χ1) is 25.7. The zero-order chi connectivity index (χ0) is 34.7. The van der Waals surface area contributed by atoms with E-state index in [1.807, 2.05) is 0 Å². The normalized spacial score (nSPS) is 13.3. The van der Waals surface area contributed by atoms with Gasteiger partial charge in [-0.1, -0.05) is 158 Å². The number of para-hydroxylation sites is 1. The average Bonchev–Trinajstić information content (AvgIpc) is 3.83. The lowest BCUT2D eigenvalue weighted by Gasteiger charge is -2.30. The molecule has 2 nitrogen and oxygen atoms in total. The summed E-state index contributed by atoms with van der Waals surface area (Å²) in [5.41, 5.74) is 18.1. The zero-order valence-electron chi connectivity index (χ0n) is 29.0. The third kappa shape index (κ3) is 6.43. The van der Waals surface area contributed by atoms with E-state index in [-0.39, 0.29) is 0 Å². The van der Waals surface area contributed by atoms with Crippen molar-refractivity contribution in [2.24, 2.45) is 4.99 Å². The number of aliphatic imine (C=N–C) groups is 1. The molecule has 7 aromatic rings. The van der Waals surface area contributed by atoms with Gasteiger partial charge in [0.1, 0.15) is 0 Å². The fourth-order valence-electron chi connectivity index (χ4n) is 7.60. The van der Waals surface area contributed by atoms with Gasteiger partial charge in [0.15, 0.2) is 0 Å². The van der Waals surface area contributed by atoms with Gasteiger partial charge in [0.2, 0.25) is 0 Å². The largest absolute Gasteiger partial charge is 0.310 e. The minimum Gasteiger partial charge on any atom is -0.310 e. The highest BCUT2D eigenvalue weighted by molar-refractivity contribution is 6.10. The summed E-state index contributed by atoms with van der Waals surface area (Å²) in [5.74, 6) is 0. The molecule has 0 aromatic heterocycles. The van der Waals surface area contributed by atoms with Gasteiger partial charge in [-0.25, -0.2) is 0 Å². The van der Waals surface area contributed by atoms with Crippen LogP contribution in [0.4, 0.5) is 17.1 Å². The molecule has 2 aliphatic rings. The van der Waals surface area contributed by atoms with Crippen molar-refractivity contribution in [3.63, 3.8) is 0 Å². The molecule has 0 amide bonds. The summed E-state index contributed by atoms with van der Waals surface area (Å²) in [6.45, 7) is 0. The van der Waals surface area contributed by atoms with Gasteiger partial charge in [-0.15, -0.1) is 0 Å². The first-order valence-electron chi connectivity index (χ1n) is 18.1. The summed E-state index contributed by atoms with van der Waals surface area (Å²) in [5, 5.41) is 0. The fourth-order valence-corrected chi connectivity index (χ4v) is 7.60. The summed E-state index contributed by atoms with van der Waals surface area (Å²) in [7, 11) is 0. The Kier molecular flexibility index (Phi) is 8.48. The molecule has 1 aliphatic carbocycles. The third-order valence-corrected chi connectivity index (χ3v) is 10.1. The molecule has 1 aliphatic heterocycles. The molecule has 0 saturated heterocycles. The average molecular weight is 667 g/mol. The molecule has 0 saturated carbocycles. The van der Waals surface area contributed by atoms with Crippen molar-refractivity contribution in [2.75, 3.05) is 4.90 Å². The summed E-state index contributed by atoms with van der Waals surface area (Å²) in [4.78, 5) is 7.61. The van der Waals surface area contributed by atoms with Crippen LogP contribution in [-0.2, 0) is 19.3 Å². The van der Waals surface area contributed by atoms with Crippen molar-refractivity contribution < 1.29 is 0 Å². The second-order valence-electron chi connectivity index (χ2n) is 13.6. The molecule has 7 aromatic carbocycles. The predicted octanol–water partition coefficient (Wildman–Crippen LogP) is 12.5. The molecular weight excluding hydrogens is 629 g/mol. The van der Waals surface area contributed by atoms with E-state index in [2.05, 4.69) is 199 Å². The van der Waals surface area contributed by atoms with E-state index in [1.54, 1.807) is 0 Å². The highest BCUT2D eigenvalue weighted by atomic mass is 15.2. The summed E-state index contributed by atoms with van der Waals surface area (Å²) < 4.78 is 0. The van der Waals surface area contributed by atoms with E-state index >= 15 is 0 Å². The molecule has 0 bridgehead atoms. The first-order valence-corrected chi connectivity index (χ1v) is 18.1. The molecule has 0 radical (unpaired) electrons. The Hall–Kier alpha value is -6.51. The Bertz CT molecular complexity index is 2470. The maximum absolute atomic E-state index is 5.17. The van der Waals surface area contributed by atoms with Crippen LogP contribution in [0.1, 0.15) is 38.9 Å². The van der Waals surface area contributed by atoms with E-state index in [0.717, 1.165) is 47.7 Å². The molecule has 0 spiro atoms. The Labute approximate surface area is 306 Å². The van der Waals surface area contributed by atoms with Gasteiger partial charge in [-0.05, 0) is 99.3 Å². The van der Waals surface area contributed by atoms with E-state index in [9.17, 15) is 0 Å². The molecule has 52 heavy (non-hydrogen) atoms. The van der Waals surface area contributed by atoms with Crippen molar-refractivity contribution in [1.29, 1.82) is 0 Å². The molecule has 0 fully saturated rings. The highest BCUT2D eigenvalue weighted by Crippen LogP contribution is 2.42. The molecule has 0 atom stereocenters. The van der Waals surface area contributed by atoms with Crippen molar-refractivity contribution in [2.45, 2.75) is 19.3 Å². The highest BCUT2D eigenvalue weighted by Gasteiger charge is 2.25. The second kappa shape index (κ2) is 14.0. The monoisotopic (exact) mass is 666 g/mol. The maximum atomic E-state index is 5.17. The topological polar surface area (TPSA) is 15.6 Å². The fraction of sp³-hybridized carbons (Fsp3) is 0.0600. The molecule has 0 N–H and O–H groups in total. The zero-order valence-corrected chi connectivity index (χ0v) is 29.0. The Morgan fingerprint density at radius 2 is 1.21 bits per heavy atom. The van der Waals surface area contributed by atoms with E-state index < -0.39 is 0 Å². The molecular formula is C50H38N2. The summed E-state index contributed by atoms with van der Waals surface area (Å²) >= 11 is 0. The van der Waals surface area contributed by atoms with Gasteiger partial charge in [0, 0.05) is 29.1 Å². The van der Waals surface area contributed by atoms with Crippen molar-refractivity contribution in [3.8, 4) is 11.1 Å². The van der Waals surface area contributed by atoms with Crippen molar-refractivity contribution >= 4 is 40.1 Å². The number of hydrogen-bond donors (Lipinski definition) is 0. The number of nitrogens with zero attached hydrogens (tertiary/aromatic N) is 2. The van der Waals surface area contributed by atoms with E-state index in [1.165, 1.54) is 55.6 Å². The van der Waals surface area contributed by atoms with Gasteiger partial charge in [0.25, 0.3) is 0 Å². The maximum Gasteiger partial charge on any atom is 0.0669 e. The third-order valence-electron chi connectivity index (χ3n) is 10.1. The Balaban J connectivity index is 1.23. The van der Waals surface area contributed by atoms with Crippen LogP contribution in [0.2, 0.25) is 0 Å². The van der Waals surface area contributed by atoms with Crippen LogP contribution < -0.4 is 4.90 Å². The molecule has 9 rings (SSSR count). The van der Waals surface area contributed by atoms with Crippen LogP contribution in [0.5, 0.6) is 0 Å². The molecule has 2 heteroatoms. The van der Waals surface area contributed by atoms with Crippen molar-refractivity contribution in [1.82, 2.24) is 0 Å². The summed E-state index contributed by atoms with van der Waals surface area (Å²) in [6, 6.07) is 65.6. The Morgan fingerprint density at radius 3 is 2.02 bits per heavy atom. The number of hydrogen-bond acceptors (Lipinski definition) is 2. The predicted molar refractivity (Wildman–Crippen MR) is 219 cm³/mol. The quantitative estimate of drug-likeness (QED) is 0.150. The van der Waals surface area contributed by atoms with Crippen LogP contribution in [0.3, 0.4) is 0 Å². The van der Waals surface area contributed by atoms with E-state index in [4.69, 9.17) is 4.99 Å². The smallest absolute Gasteiger partial charge is 0.0669 e. The number of allylic oxidation sites excluding steroid dienone is 2. The van der Waals surface area contributed by atoms with Crippen molar-refractivity contribution in [3.05, 3.63) is 227 Å². The summed E-state index contributed by atoms with van der Waals surface area (Å²) in [6.07, 6.45) is 7.26. The molecule has 0 unspecified atom stereocenters. The van der Waals surface area contributed by atoms with Crippen LogP contribution in [-0.4, -0.2) is 5.71 Å². The van der Waals surface area contributed by atoms with Crippen LogP contribution in [0.15, 0.2) is 193 Å². The van der Waals surface area contributed by atoms with E-state index in [0.29, 0.717) is 0 Å². The van der Waals surface area contributed by atoms with Gasteiger partial charge < -0.3 is 4.90 Å².